The number of aliphatic hydroxyl groups excluding tert-OH is 1. The predicted molar refractivity (Wildman–Crippen MR) is 82.3 cm³/mol. The van der Waals surface area contributed by atoms with E-state index in [9.17, 15) is 9.90 Å². The van der Waals surface area contributed by atoms with Gasteiger partial charge in [0.15, 0.2) is 0 Å². The summed E-state index contributed by atoms with van der Waals surface area (Å²) < 4.78 is 6.44. The first kappa shape index (κ1) is 14.3. The number of hydrogen-bond donors (Lipinski definition) is 1. The minimum absolute atomic E-state index is 0.0102. The van der Waals surface area contributed by atoms with E-state index in [4.69, 9.17) is 4.74 Å². The molecule has 1 N–H and O–H groups in total. The van der Waals surface area contributed by atoms with E-state index in [1.165, 1.54) is 7.11 Å². The number of methoxy groups -OCH3 is 1. The maximum absolute atomic E-state index is 11.7. The van der Waals surface area contributed by atoms with Gasteiger partial charge in [-0.25, -0.2) is 4.98 Å². The summed E-state index contributed by atoms with van der Waals surface area (Å²) >= 11 is 0. The Morgan fingerprint density at radius 2 is 1.86 bits per heavy atom. The van der Waals surface area contributed by atoms with E-state index in [0.717, 1.165) is 16.6 Å². The lowest BCUT2D eigenvalue weighted by atomic mass is 10.1. The zero-order chi connectivity index (χ0) is 15.5. The summed E-state index contributed by atoms with van der Waals surface area (Å²) in [7, 11) is 1.34. The van der Waals surface area contributed by atoms with Crippen LogP contribution in [0.25, 0.3) is 11.0 Å². The predicted octanol–water partition coefficient (Wildman–Crippen LogP) is 2.29. The number of ether oxygens (including phenoxy) is 1. The van der Waals surface area contributed by atoms with Crippen LogP contribution >= 0.6 is 0 Å². The van der Waals surface area contributed by atoms with Gasteiger partial charge in [0.25, 0.3) is 0 Å². The Morgan fingerprint density at radius 3 is 2.59 bits per heavy atom. The van der Waals surface area contributed by atoms with Gasteiger partial charge < -0.3 is 14.4 Å². The molecule has 0 bridgehead atoms. The molecule has 0 saturated carbocycles. The molecule has 1 atom stereocenters. The fourth-order valence-electron chi connectivity index (χ4n) is 2.45. The number of aliphatic hydroxyl groups is 1. The second-order valence-electron chi connectivity index (χ2n) is 4.93. The average molecular weight is 296 g/mol. The summed E-state index contributed by atoms with van der Waals surface area (Å²) in [5.74, 6) is 0.0439. The maximum atomic E-state index is 11.7. The van der Waals surface area contributed by atoms with Crippen LogP contribution in [0.3, 0.4) is 0 Å². The Labute approximate surface area is 127 Å². The fraction of sp³-hybridized carbons (Fsp3) is 0.176. The van der Waals surface area contributed by atoms with E-state index >= 15 is 0 Å². The van der Waals surface area contributed by atoms with Gasteiger partial charge in [0.2, 0.25) is 0 Å². The molecular weight excluding hydrogens is 280 g/mol. The molecule has 3 rings (SSSR count). The molecule has 112 valence electrons. The Bertz CT molecular complexity index is 796. The molecule has 5 nitrogen and oxygen atoms in total. The summed E-state index contributed by atoms with van der Waals surface area (Å²) in [5.41, 5.74) is 2.25. The highest BCUT2D eigenvalue weighted by atomic mass is 16.5. The first-order valence-corrected chi connectivity index (χ1v) is 6.95. The van der Waals surface area contributed by atoms with Gasteiger partial charge in [-0.2, -0.15) is 0 Å². The van der Waals surface area contributed by atoms with Crippen molar-refractivity contribution >= 4 is 17.0 Å². The fourth-order valence-corrected chi connectivity index (χ4v) is 2.45. The molecule has 0 aliphatic carbocycles. The van der Waals surface area contributed by atoms with Gasteiger partial charge >= 0.3 is 5.97 Å². The minimum Gasteiger partial charge on any atom is -0.468 e. The number of benzene rings is 2. The van der Waals surface area contributed by atoms with E-state index in [1.807, 2.05) is 54.6 Å². The molecule has 5 heteroatoms. The van der Waals surface area contributed by atoms with Crippen molar-refractivity contribution in [3.8, 4) is 0 Å². The third-order valence-electron chi connectivity index (χ3n) is 3.56. The van der Waals surface area contributed by atoms with Crippen molar-refractivity contribution in [3.05, 3.63) is 66.0 Å². The summed E-state index contributed by atoms with van der Waals surface area (Å²) in [6.07, 6.45) is -0.904. The monoisotopic (exact) mass is 296 g/mol. The lowest BCUT2D eigenvalue weighted by Gasteiger charge is -2.13. The van der Waals surface area contributed by atoms with Crippen molar-refractivity contribution < 1.29 is 14.6 Å². The van der Waals surface area contributed by atoms with E-state index < -0.39 is 6.10 Å². The van der Waals surface area contributed by atoms with Crippen LogP contribution in [0.1, 0.15) is 17.5 Å². The summed E-state index contributed by atoms with van der Waals surface area (Å²) in [5, 5.41) is 10.6. The Hall–Kier alpha value is -2.66. The summed E-state index contributed by atoms with van der Waals surface area (Å²) in [4.78, 5) is 16.2. The lowest BCUT2D eigenvalue weighted by Crippen LogP contribution is -2.16. The lowest BCUT2D eigenvalue weighted by molar-refractivity contribution is -0.141. The number of esters is 1. The number of carbonyl (C=O) groups is 1. The largest absolute Gasteiger partial charge is 0.468 e. The highest BCUT2D eigenvalue weighted by Crippen LogP contribution is 2.25. The zero-order valence-electron chi connectivity index (χ0n) is 12.1. The molecule has 0 spiro atoms. The molecule has 22 heavy (non-hydrogen) atoms. The van der Waals surface area contributed by atoms with Crippen molar-refractivity contribution in [1.82, 2.24) is 9.55 Å². The second kappa shape index (κ2) is 5.99. The Balaban J connectivity index is 2.11. The molecule has 0 fully saturated rings. The van der Waals surface area contributed by atoms with Crippen LogP contribution in [-0.4, -0.2) is 27.7 Å². The van der Waals surface area contributed by atoms with Gasteiger partial charge in [0, 0.05) is 0 Å². The van der Waals surface area contributed by atoms with Crippen molar-refractivity contribution in [1.29, 1.82) is 0 Å². The Kier molecular flexibility index (Phi) is 3.89. The second-order valence-corrected chi connectivity index (χ2v) is 4.93. The van der Waals surface area contributed by atoms with Crippen LogP contribution in [0, 0.1) is 0 Å². The smallest absolute Gasteiger partial charge is 0.325 e. The molecular formula is C17H16N2O3. The normalized spacial score (nSPS) is 12.3. The van der Waals surface area contributed by atoms with Crippen LogP contribution in [0.5, 0.6) is 0 Å². The topological polar surface area (TPSA) is 64.3 Å². The van der Waals surface area contributed by atoms with Gasteiger partial charge in [-0.05, 0) is 17.7 Å². The third-order valence-corrected chi connectivity index (χ3v) is 3.56. The molecule has 1 aromatic heterocycles. The van der Waals surface area contributed by atoms with Crippen molar-refractivity contribution in [2.45, 2.75) is 12.6 Å². The molecule has 0 aliphatic rings. The number of aromatic nitrogens is 2. The number of imidazole rings is 1. The quantitative estimate of drug-likeness (QED) is 0.750. The van der Waals surface area contributed by atoms with E-state index in [0.29, 0.717) is 5.82 Å². The van der Waals surface area contributed by atoms with Crippen LogP contribution in [-0.2, 0) is 16.1 Å². The van der Waals surface area contributed by atoms with E-state index in [1.54, 1.807) is 4.57 Å². The van der Waals surface area contributed by atoms with Crippen LogP contribution in [0.2, 0.25) is 0 Å². The third kappa shape index (κ3) is 2.58. The molecule has 0 aliphatic heterocycles. The number of carbonyl (C=O) groups excluding carboxylic acids is 1. The highest BCUT2D eigenvalue weighted by Gasteiger charge is 2.21. The molecule has 2 aromatic carbocycles. The summed E-state index contributed by atoms with van der Waals surface area (Å²) in [6, 6.07) is 16.7. The minimum atomic E-state index is -0.904. The Morgan fingerprint density at radius 1 is 1.18 bits per heavy atom. The molecule has 1 heterocycles. The van der Waals surface area contributed by atoms with Crippen molar-refractivity contribution in [2.24, 2.45) is 0 Å². The number of fused-ring (bicyclic) bond motifs is 1. The molecule has 0 saturated heterocycles. The number of nitrogens with zero attached hydrogens (tertiary/aromatic N) is 2. The van der Waals surface area contributed by atoms with Crippen LogP contribution in [0.4, 0.5) is 0 Å². The molecule has 0 amide bonds. The van der Waals surface area contributed by atoms with Gasteiger partial charge in [0.05, 0.1) is 18.1 Å². The molecule has 0 unspecified atom stereocenters. The van der Waals surface area contributed by atoms with Gasteiger partial charge in [0.1, 0.15) is 18.5 Å². The van der Waals surface area contributed by atoms with Crippen molar-refractivity contribution in [2.75, 3.05) is 7.11 Å². The zero-order valence-corrected chi connectivity index (χ0v) is 12.1. The SMILES string of the molecule is COC(=O)Cn1c([C@H](O)c2ccccc2)nc2ccccc21. The maximum Gasteiger partial charge on any atom is 0.325 e. The van der Waals surface area contributed by atoms with Gasteiger partial charge in [-0.3, -0.25) is 4.79 Å². The van der Waals surface area contributed by atoms with Gasteiger partial charge in [-0.1, -0.05) is 42.5 Å². The number of hydrogen-bond acceptors (Lipinski definition) is 4. The number of rotatable bonds is 4. The van der Waals surface area contributed by atoms with Crippen LogP contribution < -0.4 is 0 Å². The van der Waals surface area contributed by atoms with Crippen LogP contribution in [0.15, 0.2) is 54.6 Å². The van der Waals surface area contributed by atoms with Crippen molar-refractivity contribution in [3.63, 3.8) is 0 Å². The van der Waals surface area contributed by atoms with Gasteiger partial charge in [-0.15, -0.1) is 0 Å². The first-order valence-electron chi connectivity index (χ1n) is 6.95. The van der Waals surface area contributed by atoms with E-state index in [2.05, 4.69) is 4.98 Å². The van der Waals surface area contributed by atoms with E-state index in [-0.39, 0.29) is 12.5 Å². The molecule has 0 radical (unpaired) electrons. The highest BCUT2D eigenvalue weighted by molar-refractivity contribution is 5.79. The number of para-hydroxylation sites is 2. The average Bonchev–Trinajstić information content (AvgIpc) is 2.93. The molecule has 3 aromatic rings. The standard InChI is InChI=1S/C17H16N2O3/c1-22-15(20)11-19-14-10-6-5-9-13(14)18-17(19)16(21)12-7-3-2-4-8-12/h2-10,16,21H,11H2,1H3/t16-/m1/s1. The summed E-state index contributed by atoms with van der Waals surface area (Å²) in [6.45, 7) is 0.0102. The first-order chi connectivity index (χ1) is 10.7.